The molecule has 1 atom stereocenters. The van der Waals surface area contributed by atoms with E-state index in [2.05, 4.69) is 6.07 Å². The van der Waals surface area contributed by atoms with E-state index < -0.39 is 6.10 Å². The molecule has 0 aromatic heterocycles. The molecule has 2 rings (SSSR count). The highest BCUT2D eigenvalue weighted by atomic mass is 32.2. The van der Waals surface area contributed by atoms with Crippen LogP contribution in [0.3, 0.4) is 0 Å². The van der Waals surface area contributed by atoms with Crippen molar-refractivity contribution in [2.45, 2.75) is 24.8 Å². The van der Waals surface area contributed by atoms with E-state index in [0.717, 1.165) is 10.5 Å². The van der Waals surface area contributed by atoms with E-state index in [0.29, 0.717) is 11.3 Å². The van der Waals surface area contributed by atoms with Crippen LogP contribution in [0, 0.1) is 19.7 Å². The molecule has 100 valence electrons. The minimum absolute atomic E-state index is 0.234. The number of benzene rings is 2. The van der Waals surface area contributed by atoms with Crippen molar-refractivity contribution in [3.63, 3.8) is 0 Å². The Kier molecular flexibility index (Phi) is 4.61. The van der Waals surface area contributed by atoms with E-state index in [-0.39, 0.29) is 5.82 Å². The van der Waals surface area contributed by atoms with Crippen molar-refractivity contribution >= 4 is 11.8 Å². The molecule has 19 heavy (non-hydrogen) atoms. The topological polar surface area (TPSA) is 20.2 Å². The monoisotopic (exact) mass is 276 g/mol. The number of aryl methyl sites for hydroxylation is 2. The van der Waals surface area contributed by atoms with Gasteiger partial charge in [-0.3, -0.25) is 0 Å². The minimum atomic E-state index is -0.579. The summed E-state index contributed by atoms with van der Waals surface area (Å²) < 4.78 is 13.2. The van der Waals surface area contributed by atoms with Crippen LogP contribution in [0.4, 0.5) is 4.39 Å². The van der Waals surface area contributed by atoms with Gasteiger partial charge in [0.1, 0.15) is 5.82 Å². The number of thioether (sulfide) groups is 1. The average Bonchev–Trinajstić information content (AvgIpc) is 2.39. The maximum absolute atomic E-state index is 13.2. The standard InChI is InChI=1S/C16H17FOS/c1-11-4-3-5-14(8-11)19-10-16(18)13-6-7-15(17)12(2)9-13/h3-9,16,18H,10H2,1-2H3. The van der Waals surface area contributed by atoms with Gasteiger partial charge in [0.05, 0.1) is 6.10 Å². The third kappa shape index (κ3) is 3.82. The molecule has 2 aromatic carbocycles. The zero-order valence-corrected chi connectivity index (χ0v) is 11.9. The Balaban J connectivity index is 2.01. The van der Waals surface area contributed by atoms with E-state index >= 15 is 0 Å². The van der Waals surface area contributed by atoms with Gasteiger partial charge in [0.15, 0.2) is 0 Å². The van der Waals surface area contributed by atoms with Gasteiger partial charge in [0.25, 0.3) is 0 Å². The fourth-order valence-electron chi connectivity index (χ4n) is 1.85. The quantitative estimate of drug-likeness (QED) is 0.842. The molecule has 0 radical (unpaired) electrons. The highest BCUT2D eigenvalue weighted by Crippen LogP contribution is 2.26. The molecule has 1 unspecified atom stereocenters. The second-order valence-corrected chi connectivity index (χ2v) is 5.75. The molecule has 0 bridgehead atoms. The van der Waals surface area contributed by atoms with E-state index in [4.69, 9.17) is 0 Å². The lowest BCUT2D eigenvalue weighted by Crippen LogP contribution is -2.01. The van der Waals surface area contributed by atoms with E-state index in [1.807, 2.05) is 25.1 Å². The summed E-state index contributed by atoms with van der Waals surface area (Å²) in [5.74, 6) is 0.330. The first-order chi connectivity index (χ1) is 9.06. The van der Waals surface area contributed by atoms with Crippen LogP contribution in [0.25, 0.3) is 0 Å². The Labute approximate surface area is 117 Å². The maximum atomic E-state index is 13.2. The fraction of sp³-hybridized carbons (Fsp3) is 0.250. The summed E-state index contributed by atoms with van der Waals surface area (Å²) in [6, 6.07) is 12.9. The SMILES string of the molecule is Cc1cccc(SCC(O)c2ccc(F)c(C)c2)c1. The molecule has 1 nitrogen and oxygen atoms in total. The number of halogens is 1. The maximum Gasteiger partial charge on any atom is 0.126 e. The molecule has 1 N–H and O–H groups in total. The lowest BCUT2D eigenvalue weighted by molar-refractivity contribution is 0.204. The predicted octanol–water partition coefficient (Wildman–Crippen LogP) is 4.27. The lowest BCUT2D eigenvalue weighted by Gasteiger charge is -2.12. The zero-order chi connectivity index (χ0) is 13.8. The summed E-state index contributed by atoms with van der Waals surface area (Å²) in [6.45, 7) is 3.75. The van der Waals surface area contributed by atoms with Crippen molar-refractivity contribution in [2.24, 2.45) is 0 Å². The Hall–Kier alpha value is -1.32. The molecule has 0 saturated heterocycles. The summed E-state index contributed by atoms with van der Waals surface area (Å²) >= 11 is 1.60. The molecule has 3 heteroatoms. The minimum Gasteiger partial charge on any atom is -0.388 e. The summed E-state index contributed by atoms with van der Waals surface area (Å²) in [5, 5.41) is 10.1. The fourth-order valence-corrected chi connectivity index (χ4v) is 2.84. The molecule has 0 aliphatic rings. The highest BCUT2D eigenvalue weighted by Gasteiger charge is 2.10. The Morgan fingerprint density at radius 1 is 1.16 bits per heavy atom. The molecule has 0 heterocycles. The van der Waals surface area contributed by atoms with Gasteiger partial charge < -0.3 is 5.11 Å². The molecule has 0 spiro atoms. The molecule has 0 aliphatic carbocycles. The van der Waals surface area contributed by atoms with Crippen molar-refractivity contribution in [1.29, 1.82) is 0 Å². The van der Waals surface area contributed by atoms with Crippen LogP contribution in [0.2, 0.25) is 0 Å². The molecule has 0 amide bonds. The first-order valence-corrected chi connectivity index (χ1v) is 7.18. The van der Waals surface area contributed by atoms with Crippen molar-refractivity contribution in [2.75, 3.05) is 5.75 Å². The number of hydrogen-bond acceptors (Lipinski definition) is 2. The summed E-state index contributed by atoms with van der Waals surface area (Å²) in [7, 11) is 0. The van der Waals surface area contributed by atoms with Gasteiger partial charge in [-0.1, -0.05) is 29.8 Å². The largest absolute Gasteiger partial charge is 0.388 e. The number of aliphatic hydroxyl groups is 1. The van der Waals surface area contributed by atoms with Gasteiger partial charge in [-0.25, -0.2) is 4.39 Å². The van der Waals surface area contributed by atoms with E-state index in [1.165, 1.54) is 11.6 Å². The van der Waals surface area contributed by atoms with Crippen LogP contribution in [-0.2, 0) is 0 Å². The molecular weight excluding hydrogens is 259 g/mol. The molecule has 0 aliphatic heterocycles. The third-order valence-corrected chi connectivity index (χ3v) is 4.03. The van der Waals surface area contributed by atoms with E-state index in [1.54, 1.807) is 30.8 Å². The van der Waals surface area contributed by atoms with Gasteiger partial charge in [-0.15, -0.1) is 11.8 Å². The van der Waals surface area contributed by atoms with Gasteiger partial charge >= 0.3 is 0 Å². The van der Waals surface area contributed by atoms with Crippen molar-refractivity contribution in [1.82, 2.24) is 0 Å². The normalized spacial score (nSPS) is 12.4. The van der Waals surface area contributed by atoms with Crippen LogP contribution in [0.1, 0.15) is 22.8 Å². The Morgan fingerprint density at radius 2 is 1.95 bits per heavy atom. The lowest BCUT2D eigenvalue weighted by atomic mass is 10.1. The average molecular weight is 276 g/mol. The van der Waals surface area contributed by atoms with Crippen molar-refractivity contribution in [3.05, 3.63) is 65.0 Å². The first kappa shape index (κ1) is 14.1. The predicted molar refractivity (Wildman–Crippen MR) is 78.0 cm³/mol. The zero-order valence-electron chi connectivity index (χ0n) is 11.1. The van der Waals surface area contributed by atoms with Crippen molar-refractivity contribution < 1.29 is 9.50 Å². The van der Waals surface area contributed by atoms with E-state index in [9.17, 15) is 9.50 Å². The molecular formula is C16H17FOS. The van der Waals surface area contributed by atoms with Gasteiger partial charge in [-0.05, 0) is 43.2 Å². The van der Waals surface area contributed by atoms with Crippen LogP contribution < -0.4 is 0 Å². The Bertz CT molecular complexity index is 568. The molecule has 2 aromatic rings. The number of hydrogen-bond donors (Lipinski definition) is 1. The second kappa shape index (κ2) is 6.22. The first-order valence-electron chi connectivity index (χ1n) is 6.20. The number of aliphatic hydroxyl groups excluding tert-OH is 1. The number of rotatable bonds is 4. The summed E-state index contributed by atoms with van der Waals surface area (Å²) in [6.07, 6.45) is -0.579. The van der Waals surface area contributed by atoms with Crippen LogP contribution in [0.15, 0.2) is 47.4 Å². The smallest absolute Gasteiger partial charge is 0.126 e. The molecule has 0 fully saturated rings. The van der Waals surface area contributed by atoms with Crippen LogP contribution in [-0.4, -0.2) is 10.9 Å². The second-order valence-electron chi connectivity index (χ2n) is 4.65. The highest BCUT2D eigenvalue weighted by molar-refractivity contribution is 7.99. The summed E-state index contributed by atoms with van der Waals surface area (Å²) in [5.41, 5.74) is 2.54. The third-order valence-electron chi connectivity index (χ3n) is 2.96. The van der Waals surface area contributed by atoms with Crippen LogP contribution >= 0.6 is 11.8 Å². The molecule has 0 saturated carbocycles. The van der Waals surface area contributed by atoms with Crippen molar-refractivity contribution in [3.8, 4) is 0 Å². The van der Waals surface area contributed by atoms with Crippen LogP contribution in [0.5, 0.6) is 0 Å². The summed E-state index contributed by atoms with van der Waals surface area (Å²) in [4.78, 5) is 1.14. The van der Waals surface area contributed by atoms with Gasteiger partial charge in [-0.2, -0.15) is 0 Å². The Morgan fingerprint density at radius 3 is 2.63 bits per heavy atom. The van der Waals surface area contributed by atoms with Gasteiger partial charge in [0.2, 0.25) is 0 Å². The van der Waals surface area contributed by atoms with Gasteiger partial charge in [0, 0.05) is 10.6 Å².